The van der Waals surface area contributed by atoms with E-state index in [0.29, 0.717) is 16.3 Å². The van der Waals surface area contributed by atoms with Crippen LogP contribution in [0.1, 0.15) is 39.7 Å². The number of hydrogen-bond acceptors (Lipinski definition) is 3. The van der Waals surface area contributed by atoms with E-state index >= 15 is 0 Å². The van der Waals surface area contributed by atoms with Crippen LogP contribution in [-0.4, -0.2) is 5.91 Å². The molecule has 1 heterocycles. The van der Waals surface area contributed by atoms with Crippen molar-refractivity contribution < 1.29 is 4.79 Å². The standard InChI is InChI=1S/C15H15ClN2OS/c16-9-4-5-10(12(17)8-9)15(19)18-13-2-1-3-14-11(13)6-7-20-14/h4-8,13H,1-3,17H2,(H,18,19). The number of thiophene rings is 1. The van der Waals surface area contributed by atoms with Crippen LogP contribution in [0.5, 0.6) is 0 Å². The predicted molar refractivity (Wildman–Crippen MR) is 83.3 cm³/mol. The normalized spacial score (nSPS) is 17.6. The summed E-state index contributed by atoms with van der Waals surface area (Å²) in [4.78, 5) is 13.7. The maximum Gasteiger partial charge on any atom is 0.253 e. The lowest BCUT2D eigenvalue weighted by molar-refractivity contribution is 0.0934. The van der Waals surface area contributed by atoms with E-state index in [4.69, 9.17) is 17.3 Å². The fraction of sp³-hybridized carbons (Fsp3) is 0.267. The molecule has 1 atom stereocenters. The molecule has 1 aromatic carbocycles. The lowest BCUT2D eigenvalue weighted by atomic mass is 9.94. The molecule has 20 heavy (non-hydrogen) atoms. The minimum atomic E-state index is -0.136. The number of hydrogen-bond donors (Lipinski definition) is 2. The minimum absolute atomic E-state index is 0.0904. The maximum absolute atomic E-state index is 12.3. The summed E-state index contributed by atoms with van der Waals surface area (Å²) in [6.45, 7) is 0. The van der Waals surface area contributed by atoms with Crippen molar-refractivity contribution in [3.63, 3.8) is 0 Å². The zero-order chi connectivity index (χ0) is 14.1. The number of fused-ring (bicyclic) bond motifs is 1. The van der Waals surface area contributed by atoms with Gasteiger partial charge in [-0.1, -0.05) is 11.6 Å². The molecule has 1 unspecified atom stereocenters. The van der Waals surface area contributed by atoms with E-state index in [0.717, 1.165) is 19.3 Å². The number of amides is 1. The molecule has 3 N–H and O–H groups in total. The zero-order valence-electron chi connectivity index (χ0n) is 10.9. The summed E-state index contributed by atoms with van der Waals surface area (Å²) in [7, 11) is 0. The van der Waals surface area contributed by atoms with E-state index < -0.39 is 0 Å². The van der Waals surface area contributed by atoms with Gasteiger partial charge in [0.2, 0.25) is 0 Å². The van der Waals surface area contributed by atoms with Crippen LogP contribution >= 0.6 is 22.9 Å². The van der Waals surface area contributed by atoms with Crippen LogP contribution in [0.15, 0.2) is 29.6 Å². The molecule has 1 aliphatic carbocycles. The predicted octanol–water partition coefficient (Wildman–Crippen LogP) is 3.79. The molecule has 3 nitrogen and oxygen atoms in total. The van der Waals surface area contributed by atoms with Crippen molar-refractivity contribution in [1.29, 1.82) is 0 Å². The van der Waals surface area contributed by atoms with Gasteiger partial charge in [0.05, 0.1) is 11.6 Å². The van der Waals surface area contributed by atoms with Crippen molar-refractivity contribution in [2.24, 2.45) is 0 Å². The van der Waals surface area contributed by atoms with Crippen LogP contribution in [0, 0.1) is 0 Å². The molecular formula is C15H15ClN2OS. The Morgan fingerprint density at radius 1 is 1.40 bits per heavy atom. The summed E-state index contributed by atoms with van der Waals surface area (Å²) in [5.74, 6) is -0.136. The van der Waals surface area contributed by atoms with E-state index in [2.05, 4.69) is 16.8 Å². The largest absolute Gasteiger partial charge is 0.398 e. The zero-order valence-corrected chi connectivity index (χ0v) is 12.4. The molecule has 0 saturated carbocycles. The summed E-state index contributed by atoms with van der Waals surface area (Å²) in [6.07, 6.45) is 3.19. The molecule has 1 aromatic heterocycles. The van der Waals surface area contributed by atoms with Crippen LogP contribution in [-0.2, 0) is 6.42 Å². The Morgan fingerprint density at radius 3 is 3.05 bits per heavy atom. The number of halogens is 1. The summed E-state index contributed by atoms with van der Waals surface area (Å²) in [6, 6.07) is 7.16. The molecule has 0 fully saturated rings. The Balaban J connectivity index is 1.81. The highest BCUT2D eigenvalue weighted by atomic mass is 35.5. The Hall–Kier alpha value is -1.52. The molecule has 0 bridgehead atoms. The number of anilines is 1. The van der Waals surface area contributed by atoms with E-state index in [1.807, 2.05) is 0 Å². The monoisotopic (exact) mass is 306 g/mol. The smallest absolute Gasteiger partial charge is 0.253 e. The molecule has 2 aromatic rings. The fourth-order valence-corrected chi connectivity index (χ4v) is 3.78. The molecule has 5 heteroatoms. The van der Waals surface area contributed by atoms with Crippen molar-refractivity contribution in [1.82, 2.24) is 5.32 Å². The van der Waals surface area contributed by atoms with E-state index in [1.54, 1.807) is 29.5 Å². The number of rotatable bonds is 2. The SMILES string of the molecule is Nc1cc(Cl)ccc1C(=O)NC1CCCc2sccc21. The number of benzene rings is 1. The molecule has 1 aliphatic rings. The molecule has 0 radical (unpaired) electrons. The van der Waals surface area contributed by atoms with Gasteiger partial charge in [-0.25, -0.2) is 0 Å². The van der Waals surface area contributed by atoms with Gasteiger partial charge in [-0.2, -0.15) is 0 Å². The van der Waals surface area contributed by atoms with Gasteiger partial charge in [0.25, 0.3) is 5.91 Å². The number of aryl methyl sites for hydroxylation is 1. The number of nitrogens with two attached hydrogens (primary N) is 1. The van der Waals surface area contributed by atoms with Gasteiger partial charge in [-0.15, -0.1) is 11.3 Å². The average molecular weight is 307 g/mol. The number of nitrogens with one attached hydrogen (secondary N) is 1. The van der Waals surface area contributed by atoms with E-state index in [-0.39, 0.29) is 11.9 Å². The van der Waals surface area contributed by atoms with Gasteiger partial charge in [-0.05, 0) is 54.5 Å². The summed E-state index contributed by atoms with van der Waals surface area (Å²) < 4.78 is 0. The van der Waals surface area contributed by atoms with Crippen molar-refractivity contribution in [3.8, 4) is 0 Å². The minimum Gasteiger partial charge on any atom is -0.398 e. The van der Waals surface area contributed by atoms with Crippen LogP contribution in [0.4, 0.5) is 5.69 Å². The second-order valence-electron chi connectivity index (χ2n) is 4.95. The van der Waals surface area contributed by atoms with E-state index in [1.165, 1.54) is 10.4 Å². The third-order valence-corrected chi connectivity index (χ3v) is 4.85. The molecule has 0 saturated heterocycles. The molecule has 1 amide bonds. The average Bonchev–Trinajstić information content (AvgIpc) is 2.87. The van der Waals surface area contributed by atoms with Gasteiger partial charge >= 0.3 is 0 Å². The van der Waals surface area contributed by atoms with Crippen LogP contribution in [0.25, 0.3) is 0 Å². The van der Waals surface area contributed by atoms with Gasteiger partial charge in [0.1, 0.15) is 0 Å². The second kappa shape index (κ2) is 5.46. The Kier molecular flexibility index (Phi) is 3.68. The van der Waals surface area contributed by atoms with Gasteiger partial charge < -0.3 is 11.1 Å². The quantitative estimate of drug-likeness (QED) is 0.829. The van der Waals surface area contributed by atoms with Gasteiger partial charge in [0.15, 0.2) is 0 Å². The first kappa shape index (κ1) is 13.5. The maximum atomic E-state index is 12.3. The first-order valence-corrected chi connectivity index (χ1v) is 7.83. The molecule has 3 rings (SSSR count). The molecular weight excluding hydrogens is 292 g/mol. The van der Waals surface area contributed by atoms with Crippen LogP contribution < -0.4 is 11.1 Å². The van der Waals surface area contributed by atoms with Gasteiger partial charge in [-0.3, -0.25) is 4.79 Å². The first-order chi connectivity index (χ1) is 9.65. The van der Waals surface area contributed by atoms with Crippen LogP contribution in [0.3, 0.4) is 0 Å². The summed E-state index contributed by atoms with van der Waals surface area (Å²) in [5, 5.41) is 5.71. The third kappa shape index (κ3) is 2.53. The second-order valence-corrected chi connectivity index (χ2v) is 6.39. The number of carbonyl (C=O) groups excluding carboxylic acids is 1. The van der Waals surface area contributed by atoms with Crippen LogP contribution in [0.2, 0.25) is 5.02 Å². The van der Waals surface area contributed by atoms with Crippen molar-refractivity contribution in [3.05, 3.63) is 50.7 Å². The highest BCUT2D eigenvalue weighted by Gasteiger charge is 2.23. The van der Waals surface area contributed by atoms with Gasteiger partial charge in [0, 0.05) is 15.6 Å². The summed E-state index contributed by atoms with van der Waals surface area (Å²) >= 11 is 7.62. The Labute approximate surface area is 126 Å². The lowest BCUT2D eigenvalue weighted by Gasteiger charge is -2.24. The Morgan fingerprint density at radius 2 is 2.25 bits per heavy atom. The Bertz CT molecular complexity index is 653. The summed E-state index contributed by atoms with van der Waals surface area (Å²) in [5.41, 5.74) is 8.01. The highest BCUT2D eigenvalue weighted by Crippen LogP contribution is 2.33. The number of nitrogen functional groups attached to an aromatic ring is 1. The molecule has 104 valence electrons. The van der Waals surface area contributed by atoms with Crippen molar-refractivity contribution >= 4 is 34.5 Å². The third-order valence-electron chi connectivity index (χ3n) is 3.62. The lowest BCUT2D eigenvalue weighted by Crippen LogP contribution is -2.30. The molecule has 0 spiro atoms. The fourth-order valence-electron chi connectivity index (χ4n) is 2.61. The van der Waals surface area contributed by atoms with Crippen molar-refractivity contribution in [2.75, 3.05) is 5.73 Å². The topological polar surface area (TPSA) is 55.1 Å². The first-order valence-electron chi connectivity index (χ1n) is 6.57. The highest BCUT2D eigenvalue weighted by molar-refractivity contribution is 7.10. The molecule has 0 aliphatic heterocycles. The number of carbonyl (C=O) groups is 1. The van der Waals surface area contributed by atoms with E-state index in [9.17, 15) is 4.79 Å². The van der Waals surface area contributed by atoms with Crippen molar-refractivity contribution in [2.45, 2.75) is 25.3 Å².